The van der Waals surface area contributed by atoms with Crippen LogP contribution in [0.25, 0.3) is 0 Å². The molecule has 0 aromatic carbocycles. The molecular formula is C15H37N3OSi. The van der Waals surface area contributed by atoms with Crippen molar-refractivity contribution in [2.75, 3.05) is 13.3 Å². The summed E-state index contributed by atoms with van der Waals surface area (Å²) >= 11 is 0. The summed E-state index contributed by atoms with van der Waals surface area (Å²) in [4.78, 5) is 3.73. The molecule has 0 aliphatic heterocycles. The second-order valence-electron chi connectivity index (χ2n) is 8.37. The number of hydrogen-bond donors (Lipinski definition) is 2. The van der Waals surface area contributed by atoms with E-state index in [1.165, 1.54) is 0 Å². The molecule has 0 aliphatic rings. The van der Waals surface area contributed by atoms with Gasteiger partial charge >= 0.3 is 9.36 Å². The zero-order valence-electron chi connectivity index (χ0n) is 15.3. The molecule has 0 aromatic rings. The maximum atomic E-state index is 6.22. The Morgan fingerprint density at radius 3 is 1.65 bits per heavy atom. The molecule has 0 spiro atoms. The number of hydrogen-bond acceptors (Lipinski definition) is 4. The lowest BCUT2D eigenvalue weighted by molar-refractivity contribution is 0.0864. The molecule has 0 bridgehead atoms. The lowest BCUT2D eigenvalue weighted by Gasteiger charge is -2.50. The van der Waals surface area contributed by atoms with Crippen molar-refractivity contribution in [3.8, 4) is 0 Å². The molecule has 0 heterocycles. The Balaban J connectivity index is 5.20. The second kappa shape index (κ2) is 7.36. The van der Waals surface area contributed by atoms with E-state index in [-0.39, 0.29) is 16.6 Å². The van der Waals surface area contributed by atoms with Gasteiger partial charge in [0.05, 0.1) is 6.73 Å². The first-order valence-electron chi connectivity index (χ1n) is 7.68. The summed E-state index contributed by atoms with van der Waals surface area (Å²) in [5, 5.41) is 3.27. The highest BCUT2D eigenvalue weighted by Crippen LogP contribution is 2.26. The van der Waals surface area contributed by atoms with E-state index in [2.05, 4.69) is 84.1 Å². The van der Waals surface area contributed by atoms with Crippen molar-refractivity contribution >= 4 is 9.36 Å². The lowest BCUT2D eigenvalue weighted by atomic mass is 10.0. The van der Waals surface area contributed by atoms with Crippen LogP contribution in [-0.4, -0.2) is 43.8 Å². The van der Waals surface area contributed by atoms with Gasteiger partial charge in [0.1, 0.15) is 0 Å². The molecule has 5 heteroatoms. The van der Waals surface area contributed by atoms with Gasteiger partial charge in [0.2, 0.25) is 0 Å². The van der Waals surface area contributed by atoms with Gasteiger partial charge in [-0.05, 0) is 68.9 Å². The highest BCUT2D eigenvalue weighted by molar-refractivity contribution is 6.46. The summed E-state index contributed by atoms with van der Waals surface area (Å²) in [7, 11) is -1.73. The third-order valence-corrected chi connectivity index (χ3v) is 6.44. The van der Waals surface area contributed by atoms with Crippen LogP contribution in [0.4, 0.5) is 0 Å². The fourth-order valence-electron chi connectivity index (χ4n) is 2.50. The van der Waals surface area contributed by atoms with E-state index in [0.29, 0.717) is 6.73 Å². The molecule has 2 N–H and O–H groups in total. The summed E-state index contributed by atoms with van der Waals surface area (Å²) in [6.45, 7) is 23.8. The summed E-state index contributed by atoms with van der Waals surface area (Å²) in [6, 6.07) is 0. The first kappa shape index (κ1) is 20.1. The van der Waals surface area contributed by atoms with Gasteiger partial charge in [-0.3, -0.25) is 9.88 Å². The van der Waals surface area contributed by atoms with Gasteiger partial charge in [0, 0.05) is 16.6 Å². The molecule has 0 aliphatic carbocycles. The maximum absolute atomic E-state index is 6.22. The van der Waals surface area contributed by atoms with Crippen LogP contribution in [0.1, 0.15) is 69.2 Å². The van der Waals surface area contributed by atoms with Crippen molar-refractivity contribution in [3.05, 3.63) is 0 Å². The number of rotatable bonds is 6. The molecule has 122 valence electrons. The first-order valence-corrected chi connectivity index (χ1v) is 9.25. The topological polar surface area (TPSA) is 36.5 Å². The fraction of sp³-hybridized carbons (Fsp3) is 1.00. The largest absolute Gasteiger partial charge is 0.380 e. The second-order valence-corrected chi connectivity index (χ2v) is 10.2. The van der Waals surface area contributed by atoms with Crippen molar-refractivity contribution in [3.63, 3.8) is 0 Å². The van der Waals surface area contributed by atoms with Gasteiger partial charge in [-0.2, -0.15) is 0 Å². The normalized spacial score (nSPS) is 15.8. The van der Waals surface area contributed by atoms with E-state index in [9.17, 15) is 0 Å². The zero-order chi connectivity index (χ0) is 16.2. The lowest BCUT2D eigenvalue weighted by Crippen LogP contribution is -2.69. The summed E-state index contributed by atoms with van der Waals surface area (Å²) in [6.07, 6.45) is 0. The van der Waals surface area contributed by atoms with Gasteiger partial charge in [0.15, 0.2) is 0 Å². The van der Waals surface area contributed by atoms with Crippen LogP contribution < -0.4 is 10.3 Å². The van der Waals surface area contributed by atoms with E-state index in [4.69, 9.17) is 4.43 Å². The molecule has 0 aromatic heterocycles. The molecule has 1 atom stereocenters. The number of nitrogens with zero attached hydrogens (tertiary/aromatic N) is 1. The van der Waals surface area contributed by atoms with Gasteiger partial charge in [-0.25, -0.2) is 0 Å². The predicted octanol–water partition coefficient (Wildman–Crippen LogP) is 2.57. The summed E-state index contributed by atoms with van der Waals surface area (Å²) in [5.41, 5.74) is 0.192. The summed E-state index contributed by atoms with van der Waals surface area (Å²) < 4.78 is 8.75. The molecule has 20 heavy (non-hydrogen) atoms. The van der Waals surface area contributed by atoms with Crippen molar-refractivity contribution in [1.82, 2.24) is 14.9 Å². The average Bonchev–Trinajstić information content (AvgIpc) is 2.10. The van der Waals surface area contributed by atoms with E-state index in [1.54, 1.807) is 0 Å². The standard InChI is InChI=1S/C15H37N3OSi/c1-11-16-12-19-20(17-13(2,3)4)18(14(5,6)7)15(8,9)10/h16-17,20H,11-12H2,1-10H3. The van der Waals surface area contributed by atoms with Crippen LogP contribution in [0.2, 0.25) is 0 Å². The summed E-state index contributed by atoms with van der Waals surface area (Å²) in [5.74, 6) is 0. The molecule has 4 nitrogen and oxygen atoms in total. The minimum absolute atomic E-state index is 0.0534. The fourth-order valence-corrected chi connectivity index (χ4v) is 5.29. The molecule has 0 rings (SSSR count). The zero-order valence-corrected chi connectivity index (χ0v) is 16.5. The molecule has 0 radical (unpaired) electrons. The molecular weight excluding hydrogens is 266 g/mol. The molecule has 0 amide bonds. The molecule has 0 saturated heterocycles. The minimum Gasteiger partial charge on any atom is -0.380 e. The van der Waals surface area contributed by atoms with Gasteiger partial charge in [-0.1, -0.05) is 6.92 Å². The highest BCUT2D eigenvalue weighted by atomic mass is 28.3. The first-order chi connectivity index (χ1) is 8.79. The van der Waals surface area contributed by atoms with E-state index < -0.39 is 9.36 Å². The monoisotopic (exact) mass is 303 g/mol. The van der Waals surface area contributed by atoms with Gasteiger partial charge in [-0.15, -0.1) is 0 Å². The molecule has 1 unspecified atom stereocenters. The van der Waals surface area contributed by atoms with Crippen molar-refractivity contribution in [2.24, 2.45) is 0 Å². The highest BCUT2D eigenvalue weighted by Gasteiger charge is 2.40. The molecule has 0 fully saturated rings. The van der Waals surface area contributed by atoms with Crippen LogP contribution in [0.3, 0.4) is 0 Å². The Kier molecular flexibility index (Phi) is 7.38. The van der Waals surface area contributed by atoms with E-state index >= 15 is 0 Å². The Labute approximate surface area is 128 Å². The third-order valence-electron chi connectivity index (χ3n) is 2.83. The van der Waals surface area contributed by atoms with Crippen LogP contribution in [0, 0.1) is 0 Å². The SMILES string of the molecule is CCNCO[SiH](NC(C)(C)C)N(C(C)(C)C)C(C)(C)C. The van der Waals surface area contributed by atoms with Crippen LogP contribution in [-0.2, 0) is 4.43 Å². The van der Waals surface area contributed by atoms with Crippen LogP contribution in [0.15, 0.2) is 0 Å². The van der Waals surface area contributed by atoms with Crippen molar-refractivity contribution < 1.29 is 4.43 Å². The van der Waals surface area contributed by atoms with Crippen molar-refractivity contribution in [1.29, 1.82) is 0 Å². The minimum atomic E-state index is -1.73. The third kappa shape index (κ3) is 7.74. The average molecular weight is 304 g/mol. The van der Waals surface area contributed by atoms with E-state index in [0.717, 1.165) is 6.54 Å². The molecule has 0 saturated carbocycles. The Morgan fingerprint density at radius 1 is 0.900 bits per heavy atom. The number of nitrogens with one attached hydrogen (secondary N) is 2. The van der Waals surface area contributed by atoms with Crippen LogP contribution in [0.5, 0.6) is 0 Å². The Hall–Kier alpha value is 0.0569. The maximum Gasteiger partial charge on any atom is 0.340 e. The Bertz CT molecular complexity index is 262. The van der Waals surface area contributed by atoms with Crippen molar-refractivity contribution in [2.45, 2.75) is 85.9 Å². The van der Waals surface area contributed by atoms with Gasteiger partial charge in [0.25, 0.3) is 0 Å². The smallest absolute Gasteiger partial charge is 0.340 e. The Morgan fingerprint density at radius 2 is 1.35 bits per heavy atom. The van der Waals surface area contributed by atoms with Crippen LogP contribution >= 0.6 is 0 Å². The predicted molar refractivity (Wildman–Crippen MR) is 91.0 cm³/mol. The quantitative estimate of drug-likeness (QED) is 0.449. The van der Waals surface area contributed by atoms with Gasteiger partial charge < -0.3 is 9.41 Å². The van der Waals surface area contributed by atoms with E-state index in [1.807, 2.05) is 0 Å².